The van der Waals surface area contributed by atoms with Crippen LogP contribution >= 0.6 is 11.3 Å². The third kappa shape index (κ3) is 3.93. The molecule has 0 atom stereocenters. The highest BCUT2D eigenvalue weighted by molar-refractivity contribution is 7.13. The second-order valence-corrected chi connectivity index (χ2v) is 7.94. The number of hydrogen-bond donors (Lipinski definition) is 0. The molecule has 1 aliphatic rings. The van der Waals surface area contributed by atoms with Crippen molar-refractivity contribution in [2.75, 3.05) is 38.7 Å². The third-order valence-corrected chi connectivity index (χ3v) is 5.60. The van der Waals surface area contributed by atoms with Crippen LogP contribution < -0.4 is 9.64 Å². The van der Waals surface area contributed by atoms with Crippen molar-refractivity contribution in [2.45, 2.75) is 6.42 Å². The van der Waals surface area contributed by atoms with Crippen LogP contribution in [0, 0.1) is 0 Å². The Labute approximate surface area is 169 Å². The third-order valence-electron chi connectivity index (χ3n) is 4.71. The number of benzene rings is 2. The van der Waals surface area contributed by atoms with Crippen LogP contribution in [-0.2, 0) is 4.79 Å². The van der Waals surface area contributed by atoms with Gasteiger partial charge in [-0.25, -0.2) is 4.98 Å². The van der Waals surface area contributed by atoms with E-state index in [0.717, 1.165) is 46.2 Å². The highest BCUT2D eigenvalue weighted by Crippen LogP contribution is 2.37. The maximum atomic E-state index is 12.4. The lowest BCUT2D eigenvalue weighted by atomic mass is 10.1. The van der Waals surface area contributed by atoms with Gasteiger partial charge < -0.3 is 14.5 Å². The van der Waals surface area contributed by atoms with E-state index in [2.05, 4.69) is 22.4 Å². The number of rotatable bonds is 6. The van der Waals surface area contributed by atoms with Gasteiger partial charge in [-0.2, -0.15) is 0 Å². The highest BCUT2D eigenvalue weighted by Gasteiger charge is 2.26. The van der Waals surface area contributed by atoms with Gasteiger partial charge in [-0.1, -0.05) is 30.3 Å². The lowest BCUT2D eigenvalue weighted by Crippen LogP contribution is -2.40. The summed E-state index contributed by atoms with van der Waals surface area (Å²) in [7, 11) is 4.08. The van der Waals surface area contributed by atoms with E-state index in [9.17, 15) is 4.79 Å². The number of anilines is 1. The van der Waals surface area contributed by atoms with Crippen LogP contribution in [0.4, 0.5) is 5.69 Å². The molecule has 28 heavy (non-hydrogen) atoms. The fourth-order valence-corrected chi connectivity index (χ4v) is 4.11. The first kappa shape index (κ1) is 18.7. The number of aromatic nitrogens is 1. The molecule has 2 heterocycles. The lowest BCUT2D eigenvalue weighted by molar-refractivity contribution is -0.121. The molecule has 4 rings (SSSR count). The summed E-state index contributed by atoms with van der Waals surface area (Å²) in [6, 6.07) is 16.1. The zero-order valence-electron chi connectivity index (χ0n) is 16.1. The Balaban J connectivity index is 1.61. The van der Waals surface area contributed by atoms with E-state index in [0.29, 0.717) is 6.54 Å². The van der Waals surface area contributed by atoms with Gasteiger partial charge in [0.05, 0.1) is 11.4 Å². The molecule has 1 aromatic heterocycles. The Morgan fingerprint density at radius 3 is 2.75 bits per heavy atom. The van der Waals surface area contributed by atoms with Crippen molar-refractivity contribution < 1.29 is 9.53 Å². The maximum Gasteiger partial charge on any atom is 0.265 e. The van der Waals surface area contributed by atoms with Gasteiger partial charge in [0.2, 0.25) is 0 Å². The fourth-order valence-electron chi connectivity index (χ4n) is 3.27. The van der Waals surface area contributed by atoms with Crippen molar-refractivity contribution in [3.8, 4) is 27.6 Å². The summed E-state index contributed by atoms with van der Waals surface area (Å²) < 4.78 is 5.64. The number of amides is 1. The predicted molar refractivity (Wildman–Crippen MR) is 114 cm³/mol. The van der Waals surface area contributed by atoms with Crippen LogP contribution in [0.3, 0.4) is 0 Å². The maximum absolute atomic E-state index is 12.4. The van der Waals surface area contributed by atoms with E-state index in [1.165, 1.54) is 0 Å². The predicted octanol–water partition coefficient (Wildman–Crippen LogP) is 4.15. The molecule has 5 nitrogen and oxygen atoms in total. The summed E-state index contributed by atoms with van der Waals surface area (Å²) in [6.07, 6.45) is 0.914. The zero-order chi connectivity index (χ0) is 19.5. The summed E-state index contributed by atoms with van der Waals surface area (Å²) in [5.41, 5.74) is 3.85. The average Bonchev–Trinajstić information content (AvgIpc) is 3.20. The van der Waals surface area contributed by atoms with E-state index in [1.807, 2.05) is 55.4 Å². The first-order valence-corrected chi connectivity index (χ1v) is 10.2. The van der Waals surface area contributed by atoms with Gasteiger partial charge in [0.1, 0.15) is 10.8 Å². The molecule has 3 aromatic rings. The van der Waals surface area contributed by atoms with Gasteiger partial charge in [-0.05, 0) is 45.3 Å². The molecule has 0 saturated carbocycles. The van der Waals surface area contributed by atoms with Crippen molar-refractivity contribution in [1.29, 1.82) is 0 Å². The Hall–Kier alpha value is -2.70. The molecule has 1 aliphatic heterocycles. The van der Waals surface area contributed by atoms with Crippen molar-refractivity contribution in [2.24, 2.45) is 0 Å². The average molecular weight is 394 g/mol. The van der Waals surface area contributed by atoms with Crippen molar-refractivity contribution in [3.05, 3.63) is 53.9 Å². The van der Waals surface area contributed by atoms with Gasteiger partial charge in [-0.3, -0.25) is 4.79 Å². The fraction of sp³-hybridized carbons (Fsp3) is 0.273. The van der Waals surface area contributed by atoms with Crippen molar-refractivity contribution in [3.63, 3.8) is 0 Å². The molecule has 144 valence electrons. The standard InChI is InChI=1S/C22H23N3O2S/c1-24(2)11-6-12-25-19-13-17(9-10-20(19)27-14-21(25)26)18-15-28-22(23-18)16-7-4-3-5-8-16/h3-5,7-10,13,15H,6,11-12,14H2,1-2H3. The van der Waals surface area contributed by atoms with Crippen LogP contribution in [-0.4, -0.2) is 49.6 Å². The molecule has 0 N–H and O–H groups in total. The molecule has 0 spiro atoms. The lowest BCUT2D eigenvalue weighted by Gasteiger charge is -2.30. The quantitative estimate of drug-likeness (QED) is 0.631. The van der Waals surface area contributed by atoms with Gasteiger partial charge >= 0.3 is 0 Å². The molecule has 0 fully saturated rings. The summed E-state index contributed by atoms with van der Waals surface area (Å²) >= 11 is 1.62. The summed E-state index contributed by atoms with van der Waals surface area (Å²) in [5.74, 6) is 0.762. The number of ether oxygens (including phenoxy) is 1. The van der Waals surface area contributed by atoms with Crippen molar-refractivity contribution in [1.82, 2.24) is 9.88 Å². The van der Waals surface area contributed by atoms with E-state index in [-0.39, 0.29) is 12.5 Å². The number of thiazole rings is 1. The molecule has 0 unspecified atom stereocenters. The molecule has 6 heteroatoms. The highest BCUT2D eigenvalue weighted by atomic mass is 32.1. The molecule has 2 aromatic carbocycles. The summed E-state index contributed by atoms with van der Waals surface area (Å²) in [5, 5.41) is 3.05. The monoisotopic (exact) mass is 393 g/mol. The van der Waals surface area contributed by atoms with Crippen molar-refractivity contribution >= 4 is 22.9 Å². The molecule has 0 radical (unpaired) electrons. The summed E-state index contributed by atoms with van der Waals surface area (Å²) in [6.45, 7) is 1.72. The molecule has 0 aliphatic carbocycles. The molecule has 1 amide bonds. The number of fused-ring (bicyclic) bond motifs is 1. The Morgan fingerprint density at radius 2 is 1.96 bits per heavy atom. The number of carbonyl (C=O) groups is 1. The normalized spacial score (nSPS) is 13.5. The Morgan fingerprint density at radius 1 is 1.14 bits per heavy atom. The zero-order valence-corrected chi connectivity index (χ0v) is 16.9. The van der Waals surface area contributed by atoms with E-state index < -0.39 is 0 Å². The van der Waals surface area contributed by atoms with Crippen LogP contribution in [0.1, 0.15) is 6.42 Å². The first-order valence-electron chi connectivity index (χ1n) is 9.35. The largest absolute Gasteiger partial charge is 0.482 e. The minimum atomic E-state index is 0.00617. The molecular weight excluding hydrogens is 370 g/mol. The molecular formula is C22H23N3O2S. The van der Waals surface area contributed by atoms with E-state index >= 15 is 0 Å². The minimum absolute atomic E-state index is 0.00617. The number of hydrogen-bond acceptors (Lipinski definition) is 5. The smallest absolute Gasteiger partial charge is 0.265 e. The SMILES string of the molecule is CN(C)CCCN1C(=O)COc2ccc(-c3csc(-c4ccccc4)n3)cc21. The van der Waals surface area contributed by atoms with Crippen LogP contribution in [0.5, 0.6) is 5.75 Å². The van der Waals surface area contributed by atoms with Gasteiger partial charge in [0.15, 0.2) is 6.61 Å². The van der Waals surface area contributed by atoms with Gasteiger partial charge in [0, 0.05) is 23.1 Å². The Kier molecular flexibility index (Phi) is 5.41. The van der Waals surface area contributed by atoms with Crippen LogP contribution in [0.15, 0.2) is 53.9 Å². The van der Waals surface area contributed by atoms with E-state index in [1.54, 1.807) is 11.3 Å². The first-order chi connectivity index (χ1) is 13.6. The van der Waals surface area contributed by atoms with Crippen LogP contribution in [0.25, 0.3) is 21.8 Å². The molecule has 0 bridgehead atoms. The Bertz CT molecular complexity index is 969. The van der Waals surface area contributed by atoms with Gasteiger partial charge in [-0.15, -0.1) is 11.3 Å². The molecule has 0 saturated heterocycles. The van der Waals surface area contributed by atoms with Crippen LogP contribution in [0.2, 0.25) is 0 Å². The summed E-state index contributed by atoms with van der Waals surface area (Å²) in [4.78, 5) is 21.2. The second kappa shape index (κ2) is 8.12. The number of carbonyl (C=O) groups excluding carboxylic acids is 1. The van der Waals surface area contributed by atoms with E-state index in [4.69, 9.17) is 9.72 Å². The number of nitrogens with zero attached hydrogens (tertiary/aromatic N) is 3. The topological polar surface area (TPSA) is 45.7 Å². The minimum Gasteiger partial charge on any atom is -0.482 e. The van der Waals surface area contributed by atoms with Gasteiger partial charge in [0.25, 0.3) is 5.91 Å². The second-order valence-electron chi connectivity index (χ2n) is 7.08.